The number of hydrogen-bond donors (Lipinski definition) is 4. The predicted molar refractivity (Wildman–Crippen MR) is 254 cm³/mol. The van der Waals surface area contributed by atoms with Gasteiger partial charge in [-0.2, -0.15) is 0 Å². The first-order valence-electron chi connectivity index (χ1n) is 23.2. The Bertz CT molecular complexity index is 2560. The summed E-state index contributed by atoms with van der Waals surface area (Å²) < 4.78 is 82.9. The molecular formula is C51H62F5N7O4S. The highest BCUT2D eigenvalue weighted by atomic mass is 32.1. The van der Waals surface area contributed by atoms with Crippen molar-refractivity contribution in [1.82, 2.24) is 35.7 Å². The molecule has 4 heterocycles. The Balaban J connectivity index is 0.887. The maximum Gasteiger partial charge on any atom is 0.252 e. The topological polar surface area (TPSA) is 132 Å². The van der Waals surface area contributed by atoms with Gasteiger partial charge in [-0.05, 0) is 75.1 Å². The molecule has 4 N–H and O–H groups in total. The van der Waals surface area contributed by atoms with E-state index in [1.54, 1.807) is 42.5 Å². The minimum atomic E-state index is -3.26. The molecule has 17 heteroatoms. The van der Waals surface area contributed by atoms with Gasteiger partial charge in [0.2, 0.25) is 17.7 Å². The fourth-order valence-corrected chi connectivity index (χ4v) is 10.1. The van der Waals surface area contributed by atoms with Crippen LogP contribution >= 0.6 is 11.3 Å². The molecule has 68 heavy (non-hydrogen) atoms. The van der Waals surface area contributed by atoms with Crippen LogP contribution in [0.4, 0.5) is 22.0 Å². The molecule has 4 atom stereocenters. The van der Waals surface area contributed by atoms with E-state index in [0.717, 1.165) is 50.3 Å². The normalized spacial score (nSPS) is 18.4. The summed E-state index contributed by atoms with van der Waals surface area (Å²) in [4.78, 5) is 52.5. The Kier molecular flexibility index (Phi) is 15.4. The first-order valence-corrected chi connectivity index (χ1v) is 24.1. The van der Waals surface area contributed by atoms with Crippen LogP contribution in [-0.4, -0.2) is 100.0 Å². The van der Waals surface area contributed by atoms with Crippen LogP contribution in [0.25, 0.3) is 21.3 Å². The molecule has 5 aromatic rings. The zero-order valence-corrected chi connectivity index (χ0v) is 40.5. The predicted octanol–water partition coefficient (Wildman–Crippen LogP) is 9.18. The first kappa shape index (κ1) is 50.5. The van der Waals surface area contributed by atoms with Crippen molar-refractivity contribution in [3.05, 3.63) is 106 Å². The molecule has 0 saturated carbocycles. The molecule has 3 aromatic carbocycles. The lowest BCUT2D eigenvalue weighted by Crippen LogP contribution is -2.58. The van der Waals surface area contributed by atoms with Gasteiger partial charge in [-0.25, -0.2) is 26.9 Å². The smallest absolute Gasteiger partial charge is 0.252 e. The number of nitrogens with zero attached hydrogens (tertiary/aromatic N) is 3. The minimum absolute atomic E-state index is 0.0931. The summed E-state index contributed by atoms with van der Waals surface area (Å²) in [6.07, 6.45) is 0.197. The third-order valence-electron chi connectivity index (χ3n) is 12.8. The van der Waals surface area contributed by atoms with Gasteiger partial charge in [0.1, 0.15) is 35.1 Å². The van der Waals surface area contributed by atoms with Crippen LogP contribution in [0.1, 0.15) is 101 Å². The van der Waals surface area contributed by atoms with Crippen LogP contribution in [-0.2, 0) is 27.3 Å². The molecule has 1 saturated heterocycles. The quantitative estimate of drug-likeness (QED) is 0.0509. The number of aryl methyl sites for hydroxylation is 1. The second kappa shape index (κ2) is 20.7. The number of amides is 3. The number of para-hydroxylation sites is 1. The molecule has 3 amide bonds. The Morgan fingerprint density at radius 2 is 1.69 bits per heavy atom. The van der Waals surface area contributed by atoms with E-state index in [0.29, 0.717) is 31.5 Å². The lowest BCUT2D eigenvalue weighted by molar-refractivity contribution is -0.143. The summed E-state index contributed by atoms with van der Waals surface area (Å²) in [5.74, 6) is -6.68. The summed E-state index contributed by atoms with van der Waals surface area (Å²) in [6, 6.07) is 14.4. The van der Waals surface area contributed by atoms with Crippen LogP contribution in [0.2, 0.25) is 0 Å². The molecule has 7 rings (SSSR count). The number of rotatable bonds is 18. The molecule has 0 bridgehead atoms. The molecule has 2 aliphatic rings. The average Bonchev–Trinajstić information content (AvgIpc) is 4.02. The number of fused-ring (bicyclic) bond motifs is 3. The van der Waals surface area contributed by atoms with E-state index >= 15 is 22.0 Å². The molecule has 0 aliphatic carbocycles. The Morgan fingerprint density at radius 3 is 2.35 bits per heavy atom. The van der Waals surface area contributed by atoms with Crippen LogP contribution in [0.5, 0.6) is 5.75 Å². The number of carbonyl (C=O) groups excluding carboxylic acids is 3. The minimum Gasteiger partial charge on any atom is -0.493 e. The summed E-state index contributed by atoms with van der Waals surface area (Å²) in [5.41, 5.74) is 4.26. The van der Waals surface area contributed by atoms with Crippen LogP contribution < -0.4 is 20.7 Å². The van der Waals surface area contributed by atoms with Gasteiger partial charge in [-0.3, -0.25) is 19.3 Å². The number of halogens is 5. The summed E-state index contributed by atoms with van der Waals surface area (Å²) in [7, 11) is 0. The molecule has 0 unspecified atom stereocenters. The summed E-state index contributed by atoms with van der Waals surface area (Å²) in [6.45, 7) is 11.5. The molecule has 0 radical (unpaired) electrons. The van der Waals surface area contributed by atoms with Crippen molar-refractivity contribution in [1.29, 1.82) is 0 Å². The Hall–Kier alpha value is -5.39. The number of alkyl halides is 3. The highest BCUT2D eigenvalue weighted by Crippen LogP contribution is 2.44. The van der Waals surface area contributed by atoms with E-state index in [1.807, 2.05) is 62.4 Å². The third-order valence-corrected chi connectivity index (χ3v) is 13.8. The van der Waals surface area contributed by atoms with Gasteiger partial charge in [0.15, 0.2) is 0 Å². The van der Waals surface area contributed by atoms with Gasteiger partial charge < -0.3 is 30.6 Å². The fourth-order valence-electron chi connectivity index (χ4n) is 9.31. The number of H-pyrrole nitrogens is 1. The second-order valence-electron chi connectivity index (χ2n) is 19.8. The van der Waals surface area contributed by atoms with Crippen molar-refractivity contribution in [2.75, 3.05) is 32.8 Å². The number of ether oxygens (including phenoxy) is 1. The third kappa shape index (κ3) is 11.9. The van der Waals surface area contributed by atoms with E-state index < -0.39 is 78.0 Å². The van der Waals surface area contributed by atoms with Crippen molar-refractivity contribution in [2.45, 2.75) is 123 Å². The van der Waals surface area contributed by atoms with E-state index in [1.165, 1.54) is 18.7 Å². The lowest BCUT2D eigenvalue weighted by Gasteiger charge is -2.43. The number of likely N-dealkylation sites (tertiary alicyclic amines) is 1. The largest absolute Gasteiger partial charge is 0.493 e. The van der Waals surface area contributed by atoms with Gasteiger partial charge in [-0.15, -0.1) is 11.3 Å². The van der Waals surface area contributed by atoms with Crippen molar-refractivity contribution < 1.29 is 41.1 Å². The highest BCUT2D eigenvalue weighted by molar-refractivity contribution is 7.13. The second-order valence-corrected chi connectivity index (χ2v) is 20.7. The molecule has 1 fully saturated rings. The van der Waals surface area contributed by atoms with Crippen molar-refractivity contribution in [3.63, 3.8) is 0 Å². The molecule has 366 valence electrons. The number of thiazole rings is 1. The van der Waals surface area contributed by atoms with Crippen molar-refractivity contribution >= 4 is 40.0 Å². The zero-order valence-electron chi connectivity index (χ0n) is 39.7. The Morgan fingerprint density at radius 1 is 0.985 bits per heavy atom. The SMILES string of the molecule is Cc1ncsc1-c1ccc(CNC(=O)[C@@H]2CCCN2C(=O)[C@@H](NC(=O)CNCCC(F)(F)CCOc2cc(F)c([C@@H]3c4[nH]c5ccccc5c4C[C@@H](C)N3CC(C)(C)F)c(F)c2)C(C)(C)C)cc1. The van der Waals surface area contributed by atoms with Crippen LogP contribution in [0.15, 0.2) is 66.2 Å². The van der Waals surface area contributed by atoms with Gasteiger partial charge in [0.05, 0.1) is 35.3 Å². The van der Waals surface area contributed by atoms with E-state index in [4.69, 9.17) is 4.74 Å². The van der Waals surface area contributed by atoms with Gasteiger partial charge >= 0.3 is 0 Å². The number of nitrogens with one attached hydrogen (secondary N) is 4. The summed E-state index contributed by atoms with van der Waals surface area (Å²) in [5, 5.41) is 9.37. The molecular weight excluding hydrogens is 902 g/mol. The standard InChI is InChI=1S/C51H62F5N7O4S/c1-30-23-36-35-11-8-9-12-39(35)60-43(36)44(63(30)28-50(6,7)54)42-37(52)24-34(25-38(42)53)67-22-19-51(55,56)18-20-57-27-41(64)61-46(49(3,4)5)48(66)62-21-10-13-40(62)47(65)58-26-32-14-16-33(17-15-32)45-31(2)59-29-68-45/h8-9,11-12,14-17,24-25,29-30,40,44,46,57,60H,10,13,18-23,26-28H2,1-7H3,(H,58,65)(H,61,64)/t30-,40+,44-,46-/m1/s1. The monoisotopic (exact) mass is 963 g/mol. The maximum absolute atomic E-state index is 16.1. The summed E-state index contributed by atoms with van der Waals surface area (Å²) >= 11 is 1.56. The van der Waals surface area contributed by atoms with E-state index in [-0.39, 0.29) is 49.4 Å². The zero-order chi connectivity index (χ0) is 49.1. The number of hydrogen-bond acceptors (Lipinski definition) is 8. The number of benzene rings is 3. The van der Waals surface area contributed by atoms with E-state index in [9.17, 15) is 14.4 Å². The van der Waals surface area contributed by atoms with Crippen molar-refractivity contribution in [3.8, 4) is 16.2 Å². The maximum atomic E-state index is 16.1. The van der Waals surface area contributed by atoms with Gasteiger partial charge in [-0.1, -0.05) is 63.2 Å². The highest BCUT2D eigenvalue weighted by Gasteiger charge is 2.43. The van der Waals surface area contributed by atoms with Crippen molar-refractivity contribution in [2.24, 2.45) is 5.41 Å². The lowest BCUT2D eigenvalue weighted by atomic mass is 9.85. The fraction of sp³-hybridized carbons (Fsp3) is 0.490. The molecule has 2 aliphatic heterocycles. The average molecular weight is 964 g/mol. The van der Waals surface area contributed by atoms with Gasteiger partial charge in [0.25, 0.3) is 5.92 Å². The molecule has 11 nitrogen and oxygen atoms in total. The number of aromatic nitrogens is 2. The number of carbonyl (C=O) groups is 3. The van der Waals surface area contributed by atoms with E-state index in [2.05, 4.69) is 25.9 Å². The molecule has 0 spiro atoms. The van der Waals surface area contributed by atoms with Crippen LogP contribution in [0.3, 0.4) is 0 Å². The molecule has 2 aromatic heterocycles. The first-order chi connectivity index (χ1) is 32.1. The van der Waals surface area contributed by atoms with Crippen LogP contribution in [0, 0.1) is 24.0 Å². The van der Waals surface area contributed by atoms with Gasteiger partial charge in [0, 0.05) is 79.4 Å². The Labute approximate surface area is 398 Å². The number of aromatic amines is 1.